The topological polar surface area (TPSA) is 27.3 Å². The monoisotopic (exact) mass is 225 g/mol. The van der Waals surface area contributed by atoms with E-state index in [0.29, 0.717) is 0 Å². The number of nitrogens with one attached hydrogen (secondary N) is 2. The normalized spacial score (nSPS) is 32.6. The maximum Gasteiger partial charge on any atom is 0.0322 e. The highest BCUT2D eigenvalue weighted by molar-refractivity contribution is 4.83. The van der Waals surface area contributed by atoms with Crippen LogP contribution in [0.2, 0.25) is 0 Å². The molecule has 1 aliphatic carbocycles. The van der Waals surface area contributed by atoms with Crippen molar-refractivity contribution < 1.29 is 0 Å². The largest absolute Gasteiger partial charge is 0.313 e. The van der Waals surface area contributed by atoms with E-state index in [1.165, 1.54) is 38.8 Å². The van der Waals surface area contributed by atoms with Crippen LogP contribution in [0.15, 0.2) is 0 Å². The highest BCUT2D eigenvalue weighted by Gasteiger charge is 2.22. The minimum Gasteiger partial charge on any atom is -0.313 e. The molecule has 0 amide bonds. The van der Waals surface area contributed by atoms with Crippen LogP contribution in [-0.4, -0.2) is 50.2 Å². The molecule has 16 heavy (non-hydrogen) atoms. The Morgan fingerprint density at radius 2 is 1.50 bits per heavy atom. The number of nitrogens with zero attached hydrogens (tertiary/aromatic N) is 1. The minimum absolute atomic E-state index is 0.748. The van der Waals surface area contributed by atoms with Gasteiger partial charge in [-0.15, -0.1) is 0 Å². The fourth-order valence-electron chi connectivity index (χ4n) is 2.84. The Kier molecular flexibility index (Phi) is 4.62. The summed E-state index contributed by atoms with van der Waals surface area (Å²) in [6.07, 6.45) is 5.59. The van der Waals surface area contributed by atoms with E-state index in [9.17, 15) is 0 Å². The Bertz CT molecular complexity index is 193. The van der Waals surface area contributed by atoms with Gasteiger partial charge in [-0.25, -0.2) is 0 Å². The lowest BCUT2D eigenvalue weighted by Gasteiger charge is -2.37. The number of hydrogen-bond donors (Lipinski definition) is 2. The lowest BCUT2D eigenvalue weighted by molar-refractivity contribution is 0.162. The molecule has 0 spiro atoms. The molecule has 2 aliphatic rings. The zero-order valence-corrected chi connectivity index (χ0v) is 10.8. The molecule has 94 valence electrons. The van der Waals surface area contributed by atoms with Crippen molar-refractivity contribution in [3.63, 3.8) is 0 Å². The van der Waals surface area contributed by atoms with Gasteiger partial charge in [-0.05, 0) is 38.6 Å². The van der Waals surface area contributed by atoms with Crippen LogP contribution >= 0.6 is 0 Å². The second-order valence-electron chi connectivity index (χ2n) is 5.78. The molecular weight excluding hydrogens is 198 g/mol. The SMILES string of the molecule is CC1CCC(NCCNC2CN(C)C2)CC1. The van der Waals surface area contributed by atoms with Gasteiger partial charge in [0.05, 0.1) is 0 Å². The molecule has 1 heterocycles. The first-order chi connectivity index (χ1) is 7.74. The highest BCUT2D eigenvalue weighted by Crippen LogP contribution is 2.23. The summed E-state index contributed by atoms with van der Waals surface area (Å²) in [7, 11) is 2.18. The summed E-state index contributed by atoms with van der Waals surface area (Å²) in [5, 5.41) is 7.27. The van der Waals surface area contributed by atoms with Gasteiger partial charge >= 0.3 is 0 Å². The second kappa shape index (κ2) is 5.99. The van der Waals surface area contributed by atoms with Gasteiger partial charge in [0.2, 0.25) is 0 Å². The fourth-order valence-corrected chi connectivity index (χ4v) is 2.84. The van der Waals surface area contributed by atoms with Gasteiger partial charge < -0.3 is 15.5 Å². The van der Waals surface area contributed by atoms with Crippen LogP contribution in [0.4, 0.5) is 0 Å². The van der Waals surface area contributed by atoms with Crippen LogP contribution < -0.4 is 10.6 Å². The first kappa shape index (κ1) is 12.3. The molecule has 1 saturated heterocycles. The molecule has 3 nitrogen and oxygen atoms in total. The van der Waals surface area contributed by atoms with E-state index in [4.69, 9.17) is 0 Å². The van der Waals surface area contributed by atoms with Crippen LogP contribution in [0.25, 0.3) is 0 Å². The molecule has 0 radical (unpaired) electrons. The van der Waals surface area contributed by atoms with Crippen molar-refractivity contribution in [2.24, 2.45) is 5.92 Å². The third-order valence-electron chi connectivity index (χ3n) is 4.07. The van der Waals surface area contributed by atoms with Crippen molar-refractivity contribution in [3.05, 3.63) is 0 Å². The first-order valence-corrected chi connectivity index (χ1v) is 6.89. The first-order valence-electron chi connectivity index (χ1n) is 6.89. The van der Waals surface area contributed by atoms with Gasteiger partial charge in [0, 0.05) is 38.3 Å². The van der Waals surface area contributed by atoms with Crippen LogP contribution in [0.5, 0.6) is 0 Å². The Morgan fingerprint density at radius 3 is 2.06 bits per heavy atom. The average Bonchev–Trinajstić information content (AvgIpc) is 2.24. The van der Waals surface area contributed by atoms with Crippen molar-refractivity contribution in [1.82, 2.24) is 15.5 Å². The smallest absolute Gasteiger partial charge is 0.0322 e. The molecule has 1 saturated carbocycles. The summed E-state index contributed by atoms with van der Waals surface area (Å²) < 4.78 is 0. The zero-order chi connectivity index (χ0) is 11.4. The summed E-state index contributed by atoms with van der Waals surface area (Å²) in [6, 6.07) is 1.54. The Balaban J connectivity index is 1.45. The molecule has 0 aromatic rings. The standard InChI is InChI=1S/C13H27N3/c1-11-3-5-12(6-4-11)14-7-8-15-13-9-16(2)10-13/h11-15H,3-10H2,1-2H3. The maximum absolute atomic E-state index is 3.68. The molecule has 0 bridgehead atoms. The number of likely N-dealkylation sites (tertiary alicyclic amines) is 1. The third kappa shape index (κ3) is 3.72. The van der Waals surface area contributed by atoms with Crippen LogP contribution in [-0.2, 0) is 0 Å². The molecule has 2 fully saturated rings. The molecule has 2 rings (SSSR count). The molecule has 0 atom stereocenters. The van der Waals surface area contributed by atoms with Gasteiger partial charge in [-0.1, -0.05) is 6.92 Å². The van der Waals surface area contributed by atoms with Crippen LogP contribution in [0.3, 0.4) is 0 Å². The van der Waals surface area contributed by atoms with Gasteiger partial charge in [-0.3, -0.25) is 0 Å². The molecular formula is C13H27N3. The van der Waals surface area contributed by atoms with Crippen molar-refractivity contribution in [3.8, 4) is 0 Å². The zero-order valence-electron chi connectivity index (χ0n) is 10.8. The van der Waals surface area contributed by atoms with Gasteiger partial charge in [0.15, 0.2) is 0 Å². The van der Waals surface area contributed by atoms with E-state index < -0.39 is 0 Å². The minimum atomic E-state index is 0.748. The summed E-state index contributed by atoms with van der Waals surface area (Å²) >= 11 is 0. The van der Waals surface area contributed by atoms with Gasteiger partial charge in [0.1, 0.15) is 0 Å². The second-order valence-corrected chi connectivity index (χ2v) is 5.78. The number of rotatable bonds is 5. The molecule has 3 heteroatoms. The quantitative estimate of drug-likeness (QED) is 0.685. The lowest BCUT2D eigenvalue weighted by Crippen LogP contribution is -2.57. The summed E-state index contributed by atoms with van der Waals surface area (Å²) in [6.45, 7) is 7.09. The van der Waals surface area contributed by atoms with Crippen molar-refractivity contribution in [2.45, 2.75) is 44.7 Å². The summed E-state index contributed by atoms with van der Waals surface area (Å²) in [4.78, 5) is 2.35. The number of likely N-dealkylation sites (N-methyl/N-ethyl adjacent to an activating group) is 1. The van der Waals surface area contributed by atoms with Gasteiger partial charge in [0.25, 0.3) is 0 Å². The lowest BCUT2D eigenvalue weighted by atomic mass is 9.87. The van der Waals surface area contributed by atoms with E-state index >= 15 is 0 Å². The Morgan fingerprint density at radius 1 is 0.938 bits per heavy atom. The maximum atomic E-state index is 3.68. The molecule has 1 aliphatic heterocycles. The van der Waals surface area contributed by atoms with E-state index in [0.717, 1.165) is 31.1 Å². The van der Waals surface area contributed by atoms with Gasteiger partial charge in [-0.2, -0.15) is 0 Å². The molecule has 0 aromatic carbocycles. The van der Waals surface area contributed by atoms with E-state index in [1.54, 1.807) is 0 Å². The highest BCUT2D eigenvalue weighted by atomic mass is 15.2. The predicted octanol–water partition coefficient (Wildman–Crippen LogP) is 1.06. The van der Waals surface area contributed by atoms with E-state index in [-0.39, 0.29) is 0 Å². The van der Waals surface area contributed by atoms with Crippen molar-refractivity contribution >= 4 is 0 Å². The Hall–Kier alpha value is -0.120. The van der Waals surface area contributed by atoms with Crippen LogP contribution in [0, 0.1) is 5.92 Å². The van der Waals surface area contributed by atoms with Crippen molar-refractivity contribution in [2.75, 3.05) is 33.2 Å². The molecule has 0 unspecified atom stereocenters. The third-order valence-corrected chi connectivity index (χ3v) is 4.07. The number of hydrogen-bond acceptors (Lipinski definition) is 3. The summed E-state index contributed by atoms with van der Waals surface area (Å²) in [5.41, 5.74) is 0. The van der Waals surface area contributed by atoms with E-state index in [1.807, 2.05) is 0 Å². The molecule has 0 aromatic heterocycles. The fraction of sp³-hybridized carbons (Fsp3) is 1.00. The predicted molar refractivity (Wildman–Crippen MR) is 68.7 cm³/mol. The molecule has 2 N–H and O–H groups in total. The van der Waals surface area contributed by atoms with E-state index in [2.05, 4.69) is 29.5 Å². The van der Waals surface area contributed by atoms with Crippen molar-refractivity contribution in [1.29, 1.82) is 0 Å². The Labute approximate surface area is 100.0 Å². The van der Waals surface area contributed by atoms with Crippen LogP contribution in [0.1, 0.15) is 32.6 Å². The average molecular weight is 225 g/mol. The summed E-state index contributed by atoms with van der Waals surface area (Å²) in [5.74, 6) is 0.960.